The third kappa shape index (κ3) is 5.14. The maximum Gasteiger partial charge on any atom is 0.337 e. The van der Waals surface area contributed by atoms with Gasteiger partial charge in [-0.3, -0.25) is 19.8 Å². The number of carbonyl (C=O) groups is 2. The molecule has 1 aliphatic rings. The number of aliphatic imine (C=N–C) groups is 1. The summed E-state index contributed by atoms with van der Waals surface area (Å²) in [5, 5.41) is 12.6. The molecule has 33 heavy (non-hydrogen) atoms. The van der Waals surface area contributed by atoms with Crippen LogP contribution in [-0.2, 0) is 4.79 Å². The third-order valence-corrected chi connectivity index (χ3v) is 6.14. The fraction of sp³-hybridized carbons (Fsp3) is 0.211. The Labute approximate surface area is 206 Å². The summed E-state index contributed by atoms with van der Waals surface area (Å²) in [6.07, 6.45) is -1.47. The summed E-state index contributed by atoms with van der Waals surface area (Å²) in [5.41, 5.74) is -0.629. The molecular weight excluding hydrogens is 523 g/mol. The van der Waals surface area contributed by atoms with E-state index >= 15 is 0 Å². The van der Waals surface area contributed by atoms with Crippen molar-refractivity contribution in [2.24, 2.45) is 4.99 Å². The number of rotatable bonds is 6. The highest BCUT2D eigenvalue weighted by Crippen LogP contribution is 2.38. The lowest BCUT2D eigenvalue weighted by Crippen LogP contribution is -2.41. The van der Waals surface area contributed by atoms with Gasteiger partial charge in [0.2, 0.25) is 9.63 Å². The van der Waals surface area contributed by atoms with Crippen LogP contribution >= 0.6 is 46.4 Å². The number of nitrogens with zero attached hydrogens (tertiary/aromatic N) is 4. The first kappa shape index (κ1) is 25.0. The van der Waals surface area contributed by atoms with Crippen LogP contribution < -0.4 is 10.2 Å². The number of imide groups is 1. The van der Waals surface area contributed by atoms with Crippen LogP contribution in [0.25, 0.3) is 0 Å². The van der Waals surface area contributed by atoms with Crippen molar-refractivity contribution >= 4 is 81.2 Å². The zero-order valence-electron chi connectivity index (χ0n) is 16.6. The van der Waals surface area contributed by atoms with Gasteiger partial charge in [0.25, 0.3) is 11.6 Å². The number of hydrogen-bond acceptors (Lipinski definition) is 6. The Morgan fingerprint density at radius 2 is 1.73 bits per heavy atom. The second-order valence-corrected chi connectivity index (χ2v) is 9.53. The molecule has 174 valence electrons. The molecule has 0 spiro atoms. The molecule has 3 amide bonds. The Morgan fingerprint density at radius 3 is 2.33 bits per heavy atom. The normalized spacial score (nSPS) is 17.5. The predicted molar refractivity (Wildman–Crippen MR) is 125 cm³/mol. The van der Waals surface area contributed by atoms with E-state index in [2.05, 4.69) is 10.3 Å². The minimum atomic E-state index is -2.15. The number of halogens is 5. The van der Waals surface area contributed by atoms with Crippen LogP contribution in [0.4, 0.5) is 26.2 Å². The highest BCUT2D eigenvalue weighted by molar-refractivity contribution is 6.70. The standard InChI is InChI=1S/C19H14Cl4FN5O4/c1-27-17(30)16(28(18(27)31)12-8-4-2-6-10(12)24)26-15(14(20)19(21,22)23)25-11-7-3-5-9-13(11)29(32)33/h2-9,14-15,25H,1H3. The van der Waals surface area contributed by atoms with Crippen molar-refractivity contribution in [2.45, 2.75) is 15.3 Å². The van der Waals surface area contributed by atoms with Gasteiger partial charge in [0.05, 0.1) is 10.6 Å². The Kier molecular flexibility index (Phi) is 7.32. The van der Waals surface area contributed by atoms with Gasteiger partial charge >= 0.3 is 6.03 Å². The van der Waals surface area contributed by atoms with Crippen molar-refractivity contribution in [1.29, 1.82) is 0 Å². The summed E-state index contributed by atoms with van der Waals surface area (Å²) in [6, 6.07) is 9.86. The highest BCUT2D eigenvalue weighted by Gasteiger charge is 2.45. The SMILES string of the molecule is CN1C(=O)C(=NC(Nc2ccccc2[N+](=O)[O-])C(Cl)C(Cl)(Cl)Cl)N(c2ccccc2F)C1=O. The highest BCUT2D eigenvalue weighted by atomic mass is 35.6. The van der Waals surface area contributed by atoms with Crippen molar-refractivity contribution in [3.05, 3.63) is 64.5 Å². The number of amides is 3. The van der Waals surface area contributed by atoms with Crippen molar-refractivity contribution < 1.29 is 18.9 Å². The van der Waals surface area contributed by atoms with Crippen LogP contribution in [0, 0.1) is 15.9 Å². The number of hydrogen-bond donors (Lipinski definition) is 1. The Balaban J connectivity index is 2.14. The monoisotopic (exact) mass is 535 g/mol. The van der Waals surface area contributed by atoms with Gasteiger partial charge < -0.3 is 5.32 Å². The summed E-state index contributed by atoms with van der Waals surface area (Å²) in [5.74, 6) is -2.21. The number of nitro benzene ring substituents is 1. The van der Waals surface area contributed by atoms with Gasteiger partial charge in [-0.1, -0.05) is 59.1 Å². The molecule has 3 rings (SSSR count). The summed E-state index contributed by atoms with van der Waals surface area (Å²) in [4.78, 5) is 41.8. The number of benzene rings is 2. The van der Waals surface area contributed by atoms with Crippen LogP contribution in [0.2, 0.25) is 0 Å². The van der Waals surface area contributed by atoms with Gasteiger partial charge in [0, 0.05) is 13.1 Å². The number of urea groups is 1. The number of likely N-dealkylation sites (N-methyl/N-ethyl adjacent to an activating group) is 1. The van der Waals surface area contributed by atoms with Crippen LogP contribution in [0.1, 0.15) is 0 Å². The predicted octanol–water partition coefficient (Wildman–Crippen LogP) is 4.95. The van der Waals surface area contributed by atoms with Crippen LogP contribution in [0.3, 0.4) is 0 Å². The van der Waals surface area contributed by atoms with Crippen LogP contribution in [-0.4, -0.2) is 50.0 Å². The minimum absolute atomic E-state index is 0.0423. The zero-order chi connectivity index (χ0) is 24.5. The zero-order valence-corrected chi connectivity index (χ0v) is 19.6. The van der Waals surface area contributed by atoms with E-state index in [0.717, 1.165) is 11.0 Å². The largest absolute Gasteiger partial charge is 0.357 e. The van der Waals surface area contributed by atoms with E-state index in [-0.39, 0.29) is 17.1 Å². The van der Waals surface area contributed by atoms with E-state index in [1.807, 2.05) is 0 Å². The Morgan fingerprint density at radius 1 is 1.12 bits per heavy atom. The molecule has 2 aromatic carbocycles. The number of nitro groups is 1. The van der Waals surface area contributed by atoms with Gasteiger partial charge in [-0.25, -0.2) is 19.1 Å². The molecule has 0 aromatic heterocycles. The quantitative estimate of drug-likeness (QED) is 0.243. The van der Waals surface area contributed by atoms with E-state index in [9.17, 15) is 24.1 Å². The molecule has 2 aromatic rings. The maximum absolute atomic E-state index is 14.5. The molecular formula is C19H14Cl4FN5O4. The van der Waals surface area contributed by atoms with Gasteiger partial charge in [-0.15, -0.1) is 11.6 Å². The first-order valence-corrected chi connectivity index (χ1v) is 10.7. The van der Waals surface area contributed by atoms with Crippen LogP contribution in [0.5, 0.6) is 0 Å². The molecule has 1 heterocycles. The smallest absolute Gasteiger partial charge is 0.337 e. The van der Waals surface area contributed by atoms with E-state index in [0.29, 0.717) is 4.90 Å². The summed E-state index contributed by atoms with van der Waals surface area (Å²) >= 11 is 24.1. The van der Waals surface area contributed by atoms with Crippen LogP contribution in [0.15, 0.2) is 53.5 Å². The number of anilines is 2. The molecule has 0 bridgehead atoms. The van der Waals surface area contributed by atoms with E-state index < -0.39 is 43.8 Å². The van der Waals surface area contributed by atoms with Gasteiger partial charge in [-0.2, -0.15) is 0 Å². The molecule has 2 atom stereocenters. The molecule has 0 radical (unpaired) electrons. The van der Waals surface area contributed by atoms with Crippen molar-refractivity contribution in [3.63, 3.8) is 0 Å². The van der Waals surface area contributed by atoms with E-state index in [1.165, 1.54) is 49.5 Å². The average molecular weight is 537 g/mol. The summed E-state index contributed by atoms with van der Waals surface area (Å²) in [7, 11) is 1.18. The molecule has 1 saturated heterocycles. The molecule has 9 nitrogen and oxygen atoms in total. The molecule has 1 aliphatic heterocycles. The summed E-state index contributed by atoms with van der Waals surface area (Å²) in [6.45, 7) is 0. The number of amidine groups is 1. The van der Waals surface area contributed by atoms with Crippen molar-refractivity contribution in [2.75, 3.05) is 17.3 Å². The van der Waals surface area contributed by atoms with Gasteiger partial charge in [0.1, 0.15) is 23.0 Å². The lowest BCUT2D eigenvalue weighted by molar-refractivity contribution is -0.384. The van der Waals surface area contributed by atoms with E-state index in [4.69, 9.17) is 46.4 Å². The van der Waals surface area contributed by atoms with Crippen molar-refractivity contribution in [1.82, 2.24) is 4.90 Å². The molecule has 14 heteroatoms. The minimum Gasteiger partial charge on any atom is -0.357 e. The average Bonchev–Trinajstić information content (AvgIpc) is 2.96. The Bertz CT molecular complexity index is 1140. The second-order valence-electron chi connectivity index (χ2n) is 6.69. The topological polar surface area (TPSA) is 108 Å². The molecule has 2 unspecified atom stereocenters. The lowest BCUT2D eigenvalue weighted by Gasteiger charge is -2.27. The summed E-state index contributed by atoms with van der Waals surface area (Å²) < 4.78 is 12.3. The third-order valence-electron chi connectivity index (χ3n) is 4.53. The van der Waals surface area contributed by atoms with Gasteiger partial charge in [-0.05, 0) is 18.2 Å². The number of nitrogens with one attached hydrogen (secondary N) is 1. The molecule has 0 aliphatic carbocycles. The molecule has 0 saturated carbocycles. The van der Waals surface area contributed by atoms with Crippen molar-refractivity contribution in [3.8, 4) is 0 Å². The number of alkyl halides is 4. The van der Waals surface area contributed by atoms with E-state index in [1.54, 1.807) is 0 Å². The lowest BCUT2D eigenvalue weighted by atomic mass is 10.2. The fourth-order valence-electron chi connectivity index (χ4n) is 2.93. The fourth-order valence-corrected chi connectivity index (χ4v) is 3.41. The number of carbonyl (C=O) groups excluding carboxylic acids is 2. The Hall–Kier alpha value is -2.66. The first-order chi connectivity index (χ1) is 15.4. The molecule has 1 N–H and O–H groups in total. The number of para-hydroxylation sites is 3. The molecule has 1 fully saturated rings. The first-order valence-electron chi connectivity index (χ1n) is 9.08. The second kappa shape index (κ2) is 9.68. The van der Waals surface area contributed by atoms with Gasteiger partial charge in [0.15, 0.2) is 0 Å². The maximum atomic E-state index is 14.5.